The molecular formula is C30H43N3O3S. The first-order valence-corrected chi connectivity index (χ1v) is 15.5. The van der Waals surface area contributed by atoms with Crippen LogP contribution >= 0.6 is 0 Å². The maximum atomic E-state index is 13.8. The Labute approximate surface area is 223 Å². The average molecular weight is 526 g/mol. The molecule has 0 bridgehead atoms. The number of rotatable bonds is 6. The second kappa shape index (κ2) is 13.0. The Morgan fingerprint density at radius 1 is 0.892 bits per heavy atom. The summed E-state index contributed by atoms with van der Waals surface area (Å²) in [6.45, 7) is 7.43. The number of hydrogen-bond acceptors (Lipinski definition) is 4. The van der Waals surface area contributed by atoms with Crippen molar-refractivity contribution in [3.63, 3.8) is 0 Å². The lowest BCUT2D eigenvalue weighted by atomic mass is 9.89. The van der Waals surface area contributed by atoms with Crippen LogP contribution in [0.1, 0.15) is 69.9 Å². The van der Waals surface area contributed by atoms with E-state index >= 15 is 0 Å². The Balaban J connectivity index is 1.62. The Bertz CT molecular complexity index is 1130. The molecule has 0 aromatic heterocycles. The number of nitrogens with zero attached hydrogens (tertiary/aromatic N) is 3. The molecule has 1 saturated carbocycles. The lowest BCUT2D eigenvalue weighted by Gasteiger charge is -2.32. The van der Waals surface area contributed by atoms with Gasteiger partial charge in [0.05, 0.1) is 4.90 Å². The number of amides is 1. The van der Waals surface area contributed by atoms with Gasteiger partial charge in [-0.1, -0.05) is 62.9 Å². The highest BCUT2D eigenvalue weighted by Crippen LogP contribution is 2.28. The maximum Gasteiger partial charge on any atom is 0.243 e. The van der Waals surface area contributed by atoms with E-state index in [0.717, 1.165) is 42.7 Å². The van der Waals surface area contributed by atoms with Gasteiger partial charge in [0.2, 0.25) is 15.9 Å². The van der Waals surface area contributed by atoms with Crippen LogP contribution in [-0.4, -0.2) is 56.3 Å². The minimum Gasteiger partial charge on any atom is -0.312 e. The van der Waals surface area contributed by atoms with E-state index in [-0.39, 0.29) is 5.91 Å². The number of hydrogen-bond donors (Lipinski definition) is 0. The topological polar surface area (TPSA) is 60.9 Å². The fraction of sp³-hybridized carbons (Fsp3) is 0.567. The van der Waals surface area contributed by atoms with Gasteiger partial charge in [-0.2, -0.15) is 4.31 Å². The van der Waals surface area contributed by atoms with E-state index in [1.54, 1.807) is 23.4 Å². The fourth-order valence-corrected chi connectivity index (χ4v) is 7.31. The van der Waals surface area contributed by atoms with Gasteiger partial charge in [0.25, 0.3) is 0 Å². The number of aryl methyl sites for hydroxylation is 1. The molecule has 202 valence electrons. The van der Waals surface area contributed by atoms with Gasteiger partial charge >= 0.3 is 0 Å². The van der Waals surface area contributed by atoms with Gasteiger partial charge in [0.1, 0.15) is 0 Å². The summed E-state index contributed by atoms with van der Waals surface area (Å²) in [4.78, 5) is 17.3. The molecule has 7 heteroatoms. The van der Waals surface area contributed by atoms with Crippen LogP contribution in [0.15, 0.2) is 53.4 Å². The summed E-state index contributed by atoms with van der Waals surface area (Å²) in [5.74, 6) is 0.637. The van der Waals surface area contributed by atoms with Gasteiger partial charge in [-0.25, -0.2) is 8.42 Å². The molecule has 0 unspecified atom stereocenters. The van der Waals surface area contributed by atoms with Crippen molar-refractivity contribution in [3.8, 4) is 0 Å². The van der Waals surface area contributed by atoms with Gasteiger partial charge in [0.15, 0.2) is 0 Å². The summed E-state index contributed by atoms with van der Waals surface area (Å²) in [5, 5.41) is 0. The van der Waals surface area contributed by atoms with Crippen LogP contribution in [0.25, 0.3) is 0 Å². The molecule has 2 aliphatic rings. The van der Waals surface area contributed by atoms with Crippen LogP contribution in [0.2, 0.25) is 0 Å². The lowest BCUT2D eigenvalue weighted by molar-refractivity contribution is -0.116. The lowest BCUT2D eigenvalue weighted by Crippen LogP contribution is -2.41. The summed E-state index contributed by atoms with van der Waals surface area (Å²) >= 11 is 0. The second-order valence-electron chi connectivity index (χ2n) is 10.7. The van der Waals surface area contributed by atoms with E-state index in [2.05, 4.69) is 17.9 Å². The monoisotopic (exact) mass is 525 g/mol. The Hall–Kier alpha value is -2.22. The van der Waals surface area contributed by atoms with Crippen molar-refractivity contribution in [1.82, 2.24) is 9.21 Å². The molecule has 2 aromatic rings. The standard InChI is InChI=1S/C30H43N3O3S/c1-3-10-26-15-17-29(18-16-26)37(35,36)32-19-9-20-33(25(2)34)30-14-8-7-13-28(30)24-31(21-22-32)23-27-11-5-4-6-12-27/h7-8,13-18,27H,3-6,9-12,19-24H2,1-2H3. The normalized spacial score (nSPS) is 19.2. The molecule has 1 aliphatic carbocycles. The van der Waals surface area contributed by atoms with Crippen molar-refractivity contribution < 1.29 is 13.2 Å². The number of para-hydroxylation sites is 1. The molecule has 1 amide bonds. The highest BCUT2D eigenvalue weighted by molar-refractivity contribution is 7.89. The van der Waals surface area contributed by atoms with E-state index in [1.807, 2.05) is 35.2 Å². The average Bonchev–Trinajstić information content (AvgIpc) is 2.92. The first kappa shape index (κ1) is 27.8. The number of fused-ring (bicyclic) bond motifs is 1. The molecule has 6 nitrogen and oxygen atoms in total. The van der Waals surface area contributed by atoms with Crippen LogP contribution in [-0.2, 0) is 27.8 Å². The quantitative estimate of drug-likeness (QED) is 0.502. The van der Waals surface area contributed by atoms with Crippen LogP contribution in [0.4, 0.5) is 5.69 Å². The summed E-state index contributed by atoms with van der Waals surface area (Å²) < 4.78 is 29.2. The molecule has 1 fully saturated rings. The summed E-state index contributed by atoms with van der Waals surface area (Å²) in [6, 6.07) is 15.5. The van der Waals surface area contributed by atoms with Gasteiger partial charge in [-0.05, 0) is 60.9 Å². The minimum atomic E-state index is -3.63. The Morgan fingerprint density at radius 3 is 2.32 bits per heavy atom. The molecule has 0 saturated heterocycles. The van der Waals surface area contributed by atoms with Gasteiger partial charge in [-0.15, -0.1) is 0 Å². The summed E-state index contributed by atoms with van der Waals surface area (Å²) in [7, 11) is -3.63. The predicted molar refractivity (Wildman–Crippen MR) is 150 cm³/mol. The molecule has 0 spiro atoms. The van der Waals surface area contributed by atoms with E-state index in [1.165, 1.54) is 32.1 Å². The molecule has 37 heavy (non-hydrogen) atoms. The highest BCUT2D eigenvalue weighted by Gasteiger charge is 2.28. The number of sulfonamides is 1. The molecule has 0 atom stereocenters. The Kier molecular flexibility index (Phi) is 9.79. The molecule has 2 aromatic carbocycles. The third-order valence-corrected chi connectivity index (χ3v) is 9.77. The van der Waals surface area contributed by atoms with E-state index in [0.29, 0.717) is 43.4 Å². The number of carbonyl (C=O) groups excluding carboxylic acids is 1. The highest BCUT2D eigenvalue weighted by atomic mass is 32.2. The zero-order valence-electron chi connectivity index (χ0n) is 22.6. The zero-order valence-corrected chi connectivity index (χ0v) is 23.4. The summed E-state index contributed by atoms with van der Waals surface area (Å²) in [5.41, 5.74) is 3.25. The minimum absolute atomic E-state index is 0.00792. The van der Waals surface area contributed by atoms with Gasteiger partial charge in [0, 0.05) is 51.9 Å². The molecule has 0 radical (unpaired) electrons. The third-order valence-electron chi connectivity index (χ3n) is 7.85. The first-order valence-electron chi connectivity index (χ1n) is 14.1. The molecular weight excluding hydrogens is 482 g/mol. The van der Waals surface area contributed by atoms with Crippen molar-refractivity contribution in [2.45, 2.75) is 76.7 Å². The van der Waals surface area contributed by atoms with E-state index < -0.39 is 10.0 Å². The fourth-order valence-electron chi connectivity index (χ4n) is 5.84. The SMILES string of the molecule is CCCc1ccc(S(=O)(=O)N2CCCN(C(C)=O)c3ccccc3CN(CC3CCCCC3)CC2)cc1. The van der Waals surface area contributed by atoms with Gasteiger partial charge < -0.3 is 4.90 Å². The Morgan fingerprint density at radius 2 is 1.62 bits per heavy atom. The van der Waals surface area contributed by atoms with Crippen LogP contribution in [0.3, 0.4) is 0 Å². The van der Waals surface area contributed by atoms with E-state index in [4.69, 9.17) is 0 Å². The third kappa shape index (κ3) is 7.21. The second-order valence-corrected chi connectivity index (χ2v) is 12.6. The van der Waals surface area contributed by atoms with Crippen LogP contribution in [0.5, 0.6) is 0 Å². The number of carbonyl (C=O) groups is 1. The van der Waals surface area contributed by atoms with Crippen LogP contribution < -0.4 is 4.90 Å². The predicted octanol–water partition coefficient (Wildman–Crippen LogP) is 5.47. The number of anilines is 1. The molecule has 0 N–H and O–H groups in total. The van der Waals surface area contributed by atoms with E-state index in [9.17, 15) is 13.2 Å². The first-order chi connectivity index (χ1) is 17.9. The van der Waals surface area contributed by atoms with Gasteiger partial charge in [-0.3, -0.25) is 9.69 Å². The molecule has 4 rings (SSSR count). The molecule has 1 aliphatic heterocycles. The van der Waals surface area contributed by atoms with Crippen molar-refractivity contribution in [1.29, 1.82) is 0 Å². The largest absolute Gasteiger partial charge is 0.312 e. The van der Waals surface area contributed by atoms with Crippen molar-refractivity contribution in [3.05, 3.63) is 59.7 Å². The number of benzene rings is 2. The molecule has 1 heterocycles. The van der Waals surface area contributed by atoms with Crippen molar-refractivity contribution in [2.75, 3.05) is 37.6 Å². The van der Waals surface area contributed by atoms with Crippen molar-refractivity contribution >= 4 is 21.6 Å². The smallest absolute Gasteiger partial charge is 0.243 e. The van der Waals surface area contributed by atoms with Crippen molar-refractivity contribution in [2.24, 2.45) is 5.92 Å². The maximum absolute atomic E-state index is 13.8. The zero-order chi connectivity index (χ0) is 26.3. The van der Waals surface area contributed by atoms with Crippen LogP contribution in [0, 0.1) is 5.92 Å². The summed E-state index contributed by atoms with van der Waals surface area (Å²) in [6.07, 6.45) is 8.92.